The third-order valence-electron chi connectivity index (χ3n) is 4.03. The molecule has 0 radical (unpaired) electrons. The number of aromatic nitrogens is 2. The lowest BCUT2D eigenvalue weighted by Crippen LogP contribution is -2.49. The van der Waals surface area contributed by atoms with Gasteiger partial charge in [0, 0.05) is 12.1 Å². The summed E-state index contributed by atoms with van der Waals surface area (Å²) in [5.41, 5.74) is -0.232. The van der Waals surface area contributed by atoms with Crippen LogP contribution in [0.4, 0.5) is 4.39 Å². The summed E-state index contributed by atoms with van der Waals surface area (Å²) < 4.78 is 14.5. The first kappa shape index (κ1) is 17.1. The summed E-state index contributed by atoms with van der Waals surface area (Å²) in [5, 5.41) is 2.96. The number of fused-ring (bicyclic) bond motifs is 1. The standard InChI is InChI=1S/C16H21FN4O2/c1-16(2,20(3)4)9-18-14(22)8-21-10-19-13-6-5-11(17)7-12(13)15(21)23/h5-7,10H,8-9H2,1-4H3,(H,18,22). The molecule has 23 heavy (non-hydrogen) atoms. The van der Waals surface area contributed by atoms with Crippen LogP contribution in [-0.2, 0) is 11.3 Å². The zero-order valence-electron chi connectivity index (χ0n) is 13.8. The van der Waals surface area contributed by atoms with Gasteiger partial charge in [0.05, 0.1) is 17.2 Å². The number of nitrogens with zero attached hydrogens (tertiary/aromatic N) is 3. The smallest absolute Gasteiger partial charge is 0.261 e. The van der Waals surface area contributed by atoms with E-state index < -0.39 is 11.4 Å². The topological polar surface area (TPSA) is 67.2 Å². The van der Waals surface area contributed by atoms with Gasteiger partial charge in [-0.05, 0) is 46.1 Å². The predicted molar refractivity (Wildman–Crippen MR) is 86.7 cm³/mol. The Morgan fingerprint density at radius 1 is 1.39 bits per heavy atom. The maximum absolute atomic E-state index is 13.3. The van der Waals surface area contributed by atoms with Crippen molar-refractivity contribution in [3.63, 3.8) is 0 Å². The van der Waals surface area contributed by atoms with E-state index in [2.05, 4.69) is 10.3 Å². The first-order chi connectivity index (χ1) is 10.7. The molecule has 0 unspecified atom stereocenters. The molecular formula is C16H21FN4O2. The molecule has 1 heterocycles. The molecule has 124 valence electrons. The largest absolute Gasteiger partial charge is 0.353 e. The quantitative estimate of drug-likeness (QED) is 0.892. The average Bonchev–Trinajstić information content (AvgIpc) is 2.48. The van der Waals surface area contributed by atoms with Gasteiger partial charge in [0.2, 0.25) is 5.91 Å². The number of likely N-dealkylation sites (N-methyl/N-ethyl adjacent to an activating group) is 1. The molecule has 1 amide bonds. The van der Waals surface area contributed by atoms with Crippen molar-refractivity contribution < 1.29 is 9.18 Å². The van der Waals surface area contributed by atoms with Crippen molar-refractivity contribution in [2.24, 2.45) is 0 Å². The molecule has 0 aliphatic heterocycles. The van der Waals surface area contributed by atoms with Gasteiger partial charge < -0.3 is 10.2 Å². The normalized spacial score (nSPS) is 11.9. The number of rotatable bonds is 5. The van der Waals surface area contributed by atoms with Crippen LogP contribution in [0, 0.1) is 5.82 Å². The Kier molecular flexibility index (Phi) is 4.79. The molecule has 6 nitrogen and oxygen atoms in total. The highest BCUT2D eigenvalue weighted by atomic mass is 19.1. The molecule has 2 rings (SSSR count). The Morgan fingerprint density at radius 3 is 2.74 bits per heavy atom. The number of hydrogen-bond acceptors (Lipinski definition) is 4. The van der Waals surface area contributed by atoms with Crippen molar-refractivity contribution in [3.05, 3.63) is 40.7 Å². The fourth-order valence-corrected chi connectivity index (χ4v) is 1.93. The Morgan fingerprint density at radius 2 is 2.09 bits per heavy atom. The number of carbonyl (C=O) groups excluding carboxylic acids is 1. The lowest BCUT2D eigenvalue weighted by Gasteiger charge is -2.32. The fourth-order valence-electron chi connectivity index (χ4n) is 1.93. The van der Waals surface area contributed by atoms with E-state index in [9.17, 15) is 14.0 Å². The molecule has 1 aromatic carbocycles. The molecular weight excluding hydrogens is 299 g/mol. The molecule has 0 spiro atoms. The predicted octanol–water partition coefficient (Wildman–Crippen LogP) is 0.992. The second kappa shape index (κ2) is 6.45. The van der Waals surface area contributed by atoms with Gasteiger partial charge in [-0.25, -0.2) is 9.37 Å². The molecule has 0 saturated heterocycles. The van der Waals surface area contributed by atoms with Gasteiger partial charge in [0.1, 0.15) is 12.4 Å². The van der Waals surface area contributed by atoms with E-state index >= 15 is 0 Å². The molecule has 1 N–H and O–H groups in total. The molecule has 0 aliphatic rings. The fraction of sp³-hybridized carbons (Fsp3) is 0.438. The summed E-state index contributed by atoms with van der Waals surface area (Å²) in [6.45, 7) is 4.30. The van der Waals surface area contributed by atoms with Gasteiger partial charge >= 0.3 is 0 Å². The van der Waals surface area contributed by atoms with Gasteiger partial charge in [-0.2, -0.15) is 0 Å². The minimum atomic E-state index is -0.508. The summed E-state index contributed by atoms with van der Waals surface area (Å²) >= 11 is 0. The van der Waals surface area contributed by atoms with Crippen LogP contribution < -0.4 is 10.9 Å². The molecule has 0 atom stereocenters. The Hall–Kier alpha value is -2.28. The Labute approximate surface area is 133 Å². The highest BCUT2D eigenvalue weighted by Crippen LogP contribution is 2.09. The van der Waals surface area contributed by atoms with Crippen molar-refractivity contribution in [2.45, 2.75) is 25.9 Å². The number of halogens is 1. The van der Waals surface area contributed by atoms with Crippen molar-refractivity contribution in [2.75, 3.05) is 20.6 Å². The first-order valence-corrected chi connectivity index (χ1v) is 7.29. The maximum Gasteiger partial charge on any atom is 0.261 e. The zero-order chi connectivity index (χ0) is 17.2. The Balaban J connectivity index is 2.14. The van der Waals surface area contributed by atoms with E-state index in [0.717, 1.165) is 6.07 Å². The number of nitrogens with one attached hydrogen (secondary N) is 1. The lowest BCUT2D eigenvalue weighted by molar-refractivity contribution is -0.122. The second-order valence-electron chi connectivity index (χ2n) is 6.32. The number of carbonyl (C=O) groups is 1. The summed E-state index contributed by atoms with van der Waals surface area (Å²) in [7, 11) is 3.86. The molecule has 0 bridgehead atoms. The molecule has 0 aliphatic carbocycles. The number of hydrogen-bond donors (Lipinski definition) is 1. The molecule has 1 aromatic heterocycles. The van der Waals surface area contributed by atoms with Gasteiger partial charge in [-0.1, -0.05) is 0 Å². The monoisotopic (exact) mass is 320 g/mol. The van der Waals surface area contributed by atoms with Gasteiger partial charge in [-0.15, -0.1) is 0 Å². The summed E-state index contributed by atoms with van der Waals surface area (Å²) in [5.74, 6) is -0.800. The molecule has 7 heteroatoms. The average molecular weight is 320 g/mol. The minimum absolute atomic E-state index is 0.151. The highest BCUT2D eigenvalue weighted by molar-refractivity contribution is 5.79. The Bertz CT molecular complexity index is 783. The SMILES string of the molecule is CN(C)C(C)(C)CNC(=O)Cn1cnc2ccc(F)cc2c1=O. The third-order valence-corrected chi connectivity index (χ3v) is 4.03. The van der Waals surface area contributed by atoms with E-state index in [1.165, 1.54) is 23.0 Å². The molecule has 0 fully saturated rings. The van der Waals surface area contributed by atoms with E-state index in [1.54, 1.807) is 0 Å². The van der Waals surface area contributed by atoms with Crippen molar-refractivity contribution in [1.82, 2.24) is 19.8 Å². The first-order valence-electron chi connectivity index (χ1n) is 7.29. The second-order valence-corrected chi connectivity index (χ2v) is 6.32. The third kappa shape index (κ3) is 3.92. The summed E-state index contributed by atoms with van der Waals surface area (Å²) in [6, 6.07) is 3.82. The molecule has 0 saturated carbocycles. The van der Waals surface area contributed by atoms with E-state index in [4.69, 9.17) is 0 Å². The van der Waals surface area contributed by atoms with Crippen LogP contribution in [0.15, 0.2) is 29.3 Å². The molecule has 2 aromatic rings. The van der Waals surface area contributed by atoms with Crippen LogP contribution in [0.2, 0.25) is 0 Å². The van der Waals surface area contributed by atoms with E-state index in [0.29, 0.717) is 12.1 Å². The summed E-state index contributed by atoms with van der Waals surface area (Å²) in [4.78, 5) is 30.4. The van der Waals surface area contributed by atoms with Gasteiger partial charge in [-0.3, -0.25) is 14.2 Å². The van der Waals surface area contributed by atoms with Crippen LogP contribution >= 0.6 is 0 Å². The van der Waals surface area contributed by atoms with Crippen LogP contribution in [0.25, 0.3) is 10.9 Å². The van der Waals surface area contributed by atoms with Crippen LogP contribution in [0.1, 0.15) is 13.8 Å². The highest BCUT2D eigenvalue weighted by Gasteiger charge is 2.21. The van der Waals surface area contributed by atoms with E-state index in [1.807, 2.05) is 32.8 Å². The van der Waals surface area contributed by atoms with Crippen LogP contribution in [0.3, 0.4) is 0 Å². The zero-order valence-corrected chi connectivity index (χ0v) is 13.8. The van der Waals surface area contributed by atoms with Gasteiger partial charge in [0.15, 0.2) is 0 Å². The van der Waals surface area contributed by atoms with Crippen LogP contribution in [-0.4, -0.2) is 46.5 Å². The maximum atomic E-state index is 13.3. The van der Waals surface area contributed by atoms with Crippen molar-refractivity contribution in [1.29, 1.82) is 0 Å². The number of benzene rings is 1. The van der Waals surface area contributed by atoms with Crippen molar-refractivity contribution in [3.8, 4) is 0 Å². The minimum Gasteiger partial charge on any atom is -0.353 e. The van der Waals surface area contributed by atoms with Crippen molar-refractivity contribution >= 4 is 16.8 Å². The number of amides is 1. The van der Waals surface area contributed by atoms with Crippen LogP contribution in [0.5, 0.6) is 0 Å². The lowest BCUT2D eigenvalue weighted by atomic mass is 10.0. The summed E-state index contributed by atoms with van der Waals surface area (Å²) in [6.07, 6.45) is 1.30. The van der Waals surface area contributed by atoms with E-state index in [-0.39, 0.29) is 23.4 Å². The van der Waals surface area contributed by atoms with Gasteiger partial charge in [0.25, 0.3) is 5.56 Å².